The van der Waals surface area contributed by atoms with Crippen molar-refractivity contribution in [2.45, 2.75) is 95.6 Å². The molecule has 2 aromatic rings. The zero-order valence-electron chi connectivity index (χ0n) is 21.9. The van der Waals surface area contributed by atoms with Crippen LogP contribution in [-0.2, 0) is 12.1 Å². The van der Waals surface area contributed by atoms with Gasteiger partial charge in [-0.05, 0) is 83.9 Å². The SMILES string of the molecule is CCC1=CC(N(C)C(C)(O)c2ccc3nc(C4C=CC=CC4)c(CCCCC(O)O)nc3c2)CCC1. The van der Waals surface area contributed by atoms with Crippen molar-refractivity contribution in [3.63, 3.8) is 0 Å². The number of aryl methyl sites for hydroxylation is 1. The van der Waals surface area contributed by atoms with E-state index in [2.05, 4.69) is 42.2 Å². The molecule has 194 valence electrons. The molecule has 0 aliphatic heterocycles. The van der Waals surface area contributed by atoms with Gasteiger partial charge in [-0.1, -0.05) is 48.9 Å². The van der Waals surface area contributed by atoms with E-state index in [4.69, 9.17) is 9.97 Å². The molecule has 6 heteroatoms. The van der Waals surface area contributed by atoms with E-state index in [1.54, 1.807) is 0 Å². The van der Waals surface area contributed by atoms with E-state index in [1.165, 1.54) is 5.57 Å². The Hall–Kier alpha value is -2.38. The maximum absolute atomic E-state index is 11.7. The molecule has 0 amide bonds. The van der Waals surface area contributed by atoms with Crippen molar-refractivity contribution in [3.05, 3.63) is 71.1 Å². The highest BCUT2D eigenvalue weighted by Crippen LogP contribution is 2.34. The molecule has 0 bridgehead atoms. The lowest BCUT2D eigenvalue weighted by molar-refractivity contribution is -0.101. The third-order valence-electron chi connectivity index (χ3n) is 7.84. The summed E-state index contributed by atoms with van der Waals surface area (Å²) in [5.74, 6) is 0.185. The summed E-state index contributed by atoms with van der Waals surface area (Å²) in [7, 11) is 2.00. The second-order valence-corrected chi connectivity index (χ2v) is 10.4. The monoisotopic (exact) mass is 491 g/mol. The highest BCUT2D eigenvalue weighted by Gasteiger charge is 2.34. The normalized spacial score (nSPS) is 21.8. The van der Waals surface area contributed by atoms with Crippen molar-refractivity contribution >= 4 is 11.0 Å². The molecular weight excluding hydrogens is 450 g/mol. The molecule has 36 heavy (non-hydrogen) atoms. The Morgan fingerprint density at radius 3 is 2.69 bits per heavy atom. The van der Waals surface area contributed by atoms with Gasteiger partial charge in [0.1, 0.15) is 5.72 Å². The average molecular weight is 492 g/mol. The lowest BCUT2D eigenvalue weighted by Gasteiger charge is -2.40. The largest absolute Gasteiger partial charge is 0.372 e. The Bertz CT molecular complexity index is 1140. The van der Waals surface area contributed by atoms with Gasteiger partial charge in [-0.2, -0.15) is 0 Å². The average Bonchev–Trinajstić information content (AvgIpc) is 2.90. The summed E-state index contributed by atoms with van der Waals surface area (Å²) in [5.41, 5.74) is 4.69. The maximum Gasteiger partial charge on any atom is 0.151 e. The quantitative estimate of drug-likeness (QED) is 0.239. The van der Waals surface area contributed by atoms with E-state index in [9.17, 15) is 15.3 Å². The Kier molecular flexibility index (Phi) is 8.73. The molecular formula is C30H41N3O3. The van der Waals surface area contributed by atoms with Crippen LogP contribution in [0.5, 0.6) is 0 Å². The Balaban J connectivity index is 1.65. The molecule has 0 saturated carbocycles. The predicted octanol–water partition coefficient (Wildman–Crippen LogP) is 5.24. The van der Waals surface area contributed by atoms with Crippen molar-refractivity contribution in [1.82, 2.24) is 14.9 Å². The molecule has 0 spiro atoms. The Labute approximate surface area is 215 Å². The van der Waals surface area contributed by atoms with Crippen LogP contribution >= 0.6 is 0 Å². The first kappa shape index (κ1) is 26.7. The molecule has 3 N–H and O–H groups in total. The van der Waals surface area contributed by atoms with Crippen molar-refractivity contribution in [3.8, 4) is 0 Å². The molecule has 2 aliphatic rings. The first-order valence-electron chi connectivity index (χ1n) is 13.4. The van der Waals surface area contributed by atoms with Crippen LogP contribution in [0.3, 0.4) is 0 Å². The highest BCUT2D eigenvalue weighted by molar-refractivity contribution is 5.76. The van der Waals surface area contributed by atoms with E-state index in [0.717, 1.165) is 72.9 Å². The zero-order chi connectivity index (χ0) is 25.7. The van der Waals surface area contributed by atoms with E-state index in [-0.39, 0.29) is 12.0 Å². The molecule has 3 unspecified atom stereocenters. The van der Waals surface area contributed by atoms with Crippen LogP contribution < -0.4 is 0 Å². The predicted molar refractivity (Wildman–Crippen MR) is 144 cm³/mol. The summed E-state index contributed by atoms with van der Waals surface area (Å²) in [6.07, 6.45) is 17.4. The molecule has 0 fully saturated rings. The number of allylic oxidation sites excluding steroid dienone is 5. The van der Waals surface area contributed by atoms with E-state index in [0.29, 0.717) is 12.8 Å². The number of aliphatic hydroxyl groups excluding tert-OH is 1. The molecule has 1 heterocycles. The first-order valence-corrected chi connectivity index (χ1v) is 13.4. The fourth-order valence-corrected chi connectivity index (χ4v) is 5.39. The van der Waals surface area contributed by atoms with Crippen LogP contribution in [0.1, 0.15) is 88.1 Å². The minimum absolute atomic E-state index is 0.185. The first-order chi connectivity index (χ1) is 17.3. The van der Waals surface area contributed by atoms with Gasteiger partial charge < -0.3 is 15.3 Å². The molecule has 0 radical (unpaired) electrons. The number of fused-ring (bicyclic) bond motifs is 1. The minimum Gasteiger partial charge on any atom is -0.372 e. The maximum atomic E-state index is 11.7. The number of aliphatic hydroxyl groups is 3. The van der Waals surface area contributed by atoms with Crippen molar-refractivity contribution in [1.29, 1.82) is 0 Å². The number of hydrogen-bond donors (Lipinski definition) is 3. The number of rotatable bonds is 10. The van der Waals surface area contributed by atoms with Crippen molar-refractivity contribution in [2.75, 3.05) is 7.05 Å². The summed E-state index contributed by atoms with van der Waals surface area (Å²) in [5, 5.41) is 30.1. The standard InChI is InChI=1S/C30H41N3O3/c1-4-21-11-10-14-24(19-21)33(3)30(2,36)23-17-18-25-27(20-23)31-26(15-8-9-16-28(34)35)29(32-25)22-12-6-5-7-13-22/h5-7,12,17-20,22,24,28,34-36H,4,8-11,13-16H2,1-3H3. The van der Waals surface area contributed by atoms with Gasteiger partial charge in [0.25, 0.3) is 0 Å². The van der Waals surface area contributed by atoms with Gasteiger partial charge >= 0.3 is 0 Å². The molecule has 2 aliphatic carbocycles. The van der Waals surface area contributed by atoms with Crippen LogP contribution in [0, 0.1) is 0 Å². The van der Waals surface area contributed by atoms with Gasteiger partial charge in [-0.3, -0.25) is 4.90 Å². The number of nitrogens with zero attached hydrogens (tertiary/aromatic N) is 3. The Morgan fingerprint density at radius 1 is 1.14 bits per heavy atom. The number of unbranched alkanes of at least 4 members (excludes halogenated alkanes) is 1. The van der Waals surface area contributed by atoms with Crippen LogP contribution in [-0.4, -0.2) is 49.6 Å². The van der Waals surface area contributed by atoms with Crippen LogP contribution in [0.4, 0.5) is 0 Å². The van der Waals surface area contributed by atoms with Gasteiger partial charge in [0.05, 0.1) is 22.4 Å². The number of benzene rings is 1. The summed E-state index contributed by atoms with van der Waals surface area (Å²) in [6.45, 7) is 4.07. The molecule has 0 saturated heterocycles. The second-order valence-electron chi connectivity index (χ2n) is 10.4. The van der Waals surface area contributed by atoms with Gasteiger partial charge in [0, 0.05) is 17.5 Å². The number of hydrogen-bond acceptors (Lipinski definition) is 6. The van der Waals surface area contributed by atoms with Gasteiger partial charge in [0.2, 0.25) is 0 Å². The smallest absolute Gasteiger partial charge is 0.151 e. The molecule has 4 rings (SSSR count). The van der Waals surface area contributed by atoms with Gasteiger partial charge in [-0.15, -0.1) is 0 Å². The summed E-state index contributed by atoms with van der Waals surface area (Å²) in [4.78, 5) is 12.2. The Morgan fingerprint density at radius 2 is 1.97 bits per heavy atom. The number of likely N-dealkylation sites (N-methyl/N-ethyl adjacent to an activating group) is 1. The molecule has 1 aromatic heterocycles. The van der Waals surface area contributed by atoms with E-state index < -0.39 is 12.0 Å². The summed E-state index contributed by atoms with van der Waals surface area (Å²) >= 11 is 0. The summed E-state index contributed by atoms with van der Waals surface area (Å²) in [6, 6.07) is 6.14. The van der Waals surface area contributed by atoms with E-state index >= 15 is 0 Å². The second kappa shape index (κ2) is 11.8. The lowest BCUT2D eigenvalue weighted by Crippen LogP contribution is -2.47. The highest BCUT2D eigenvalue weighted by atomic mass is 16.5. The van der Waals surface area contributed by atoms with Gasteiger partial charge in [0.15, 0.2) is 6.29 Å². The van der Waals surface area contributed by atoms with Crippen LogP contribution in [0.25, 0.3) is 11.0 Å². The zero-order valence-corrected chi connectivity index (χ0v) is 21.9. The molecule has 1 aromatic carbocycles. The topological polar surface area (TPSA) is 89.7 Å². The fraction of sp³-hybridized carbons (Fsp3) is 0.533. The van der Waals surface area contributed by atoms with Crippen LogP contribution in [0.15, 0.2) is 54.2 Å². The van der Waals surface area contributed by atoms with Crippen molar-refractivity contribution < 1.29 is 15.3 Å². The van der Waals surface area contributed by atoms with Gasteiger partial charge in [-0.25, -0.2) is 9.97 Å². The third-order valence-corrected chi connectivity index (χ3v) is 7.84. The minimum atomic E-state index is -1.27. The van der Waals surface area contributed by atoms with E-state index in [1.807, 2.05) is 32.2 Å². The van der Waals surface area contributed by atoms with Crippen molar-refractivity contribution in [2.24, 2.45) is 0 Å². The van der Waals surface area contributed by atoms with Crippen LogP contribution in [0.2, 0.25) is 0 Å². The fourth-order valence-electron chi connectivity index (χ4n) is 5.39. The number of aromatic nitrogens is 2. The third kappa shape index (κ3) is 6.12. The molecule has 3 atom stereocenters. The summed E-state index contributed by atoms with van der Waals surface area (Å²) < 4.78 is 0. The molecule has 6 nitrogen and oxygen atoms in total. The lowest BCUT2D eigenvalue weighted by atomic mass is 9.91.